The van der Waals surface area contributed by atoms with Gasteiger partial charge in [0.25, 0.3) is 0 Å². The van der Waals surface area contributed by atoms with E-state index >= 15 is 0 Å². The van der Waals surface area contributed by atoms with Crippen LogP contribution in [0.1, 0.15) is 11.7 Å². The number of benzene rings is 1. The molecule has 2 atom stereocenters. The summed E-state index contributed by atoms with van der Waals surface area (Å²) in [5.74, 6) is 0. The van der Waals surface area contributed by atoms with Crippen LogP contribution in [-0.4, -0.2) is 31.9 Å². The molecule has 110 valence electrons. The predicted octanol–water partition coefficient (Wildman–Crippen LogP) is 3.32. The van der Waals surface area contributed by atoms with Crippen LogP contribution in [0.5, 0.6) is 0 Å². The third-order valence-electron chi connectivity index (χ3n) is 2.56. The second-order valence-corrected chi connectivity index (χ2v) is 4.48. The molecule has 20 heavy (non-hydrogen) atoms. The quantitative estimate of drug-likeness (QED) is 0.633. The number of hydrogen-bond donors (Lipinski definition) is 0. The monoisotopic (exact) mass is 309 g/mol. The zero-order valence-electron chi connectivity index (χ0n) is 10.1. The lowest BCUT2D eigenvalue weighted by atomic mass is 10.1. The van der Waals surface area contributed by atoms with Crippen LogP contribution in [0.4, 0.5) is 13.2 Å². The number of ether oxygens (including phenoxy) is 2. The molecule has 0 amide bonds. The lowest BCUT2D eigenvalue weighted by molar-refractivity contribution is -0.0694. The Labute approximate surface area is 118 Å². The van der Waals surface area contributed by atoms with Crippen LogP contribution in [0.25, 0.3) is 0 Å². The van der Waals surface area contributed by atoms with Crippen LogP contribution in [0.15, 0.2) is 29.4 Å². The Morgan fingerprint density at radius 1 is 1.35 bits per heavy atom. The molecular weight excluding hydrogens is 299 g/mol. The van der Waals surface area contributed by atoms with Crippen LogP contribution in [-0.2, 0) is 14.3 Å². The van der Waals surface area contributed by atoms with E-state index in [1.54, 1.807) is 24.3 Å². The van der Waals surface area contributed by atoms with Gasteiger partial charge in [0.15, 0.2) is 6.10 Å². The van der Waals surface area contributed by atoms with Crippen molar-refractivity contribution in [3.8, 4) is 0 Å². The Kier molecular flexibility index (Phi) is 4.85. The topological polar surface area (TPSA) is 40.0 Å². The molecule has 1 saturated heterocycles. The highest BCUT2D eigenvalue weighted by Gasteiger charge is 2.31. The number of nitrogens with zero attached hydrogens (tertiary/aromatic N) is 1. The molecule has 0 N–H and O–H groups in total. The molecule has 1 aliphatic heterocycles. The molecule has 0 saturated carbocycles. The summed E-state index contributed by atoms with van der Waals surface area (Å²) in [6.45, 7) is 0.288. The van der Waals surface area contributed by atoms with E-state index in [0.717, 1.165) is 0 Å². The molecule has 0 radical (unpaired) electrons. The van der Waals surface area contributed by atoms with E-state index in [-0.39, 0.29) is 19.6 Å². The molecule has 0 bridgehead atoms. The molecule has 8 heteroatoms. The van der Waals surface area contributed by atoms with Crippen LogP contribution < -0.4 is 0 Å². The van der Waals surface area contributed by atoms with Gasteiger partial charge in [-0.1, -0.05) is 28.9 Å². The first kappa shape index (κ1) is 15.1. The summed E-state index contributed by atoms with van der Waals surface area (Å²) in [6.07, 6.45) is -6.07. The number of rotatable bonds is 4. The van der Waals surface area contributed by atoms with Crippen molar-refractivity contribution < 1.29 is 27.5 Å². The summed E-state index contributed by atoms with van der Waals surface area (Å²) < 4.78 is 46.4. The molecule has 1 fully saturated rings. The zero-order valence-corrected chi connectivity index (χ0v) is 10.9. The minimum Gasteiger partial charge on any atom is -0.385 e. The molecule has 2 rings (SSSR count). The van der Waals surface area contributed by atoms with E-state index in [1.807, 2.05) is 0 Å². The normalized spacial score (nSPS) is 21.3. The van der Waals surface area contributed by atoms with Gasteiger partial charge in [0.2, 0.25) is 0 Å². The van der Waals surface area contributed by atoms with E-state index in [2.05, 4.69) is 5.16 Å². The minimum atomic E-state index is -4.53. The van der Waals surface area contributed by atoms with E-state index in [0.29, 0.717) is 10.6 Å². The molecular formula is C12H11ClF3NO3. The molecule has 1 aromatic rings. The van der Waals surface area contributed by atoms with Crippen molar-refractivity contribution in [3.05, 3.63) is 34.9 Å². The van der Waals surface area contributed by atoms with Crippen LogP contribution >= 0.6 is 11.6 Å². The third-order valence-corrected chi connectivity index (χ3v) is 2.81. The summed E-state index contributed by atoms with van der Waals surface area (Å²) in [5, 5.41) is 3.48. The molecule has 0 aliphatic carbocycles. The van der Waals surface area contributed by atoms with E-state index < -0.39 is 18.4 Å². The first-order valence-corrected chi connectivity index (χ1v) is 6.05. The van der Waals surface area contributed by atoms with Gasteiger partial charge in [0.1, 0.15) is 19.1 Å². The van der Waals surface area contributed by atoms with Crippen molar-refractivity contribution in [2.24, 2.45) is 5.16 Å². The summed E-state index contributed by atoms with van der Waals surface area (Å²) in [4.78, 5) is 4.93. The Bertz CT molecular complexity index is 458. The molecule has 4 nitrogen and oxygen atoms in total. The fourth-order valence-electron chi connectivity index (χ4n) is 1.67. The first-order chi connectivity index (χ1) is 9.46. The highest BCUT2D eigenvalue weighted by molar-refractivity contribution is 6.30. The molecule has 0 spiro atoms. The molecule has 1 aliphatic rings. The van der Waals surface area contributed by atoms with Crippen molar-refractivity contribution >= 4 is 17.8 Å². The van der Waals surface area contributed by atoms with E-state index in [1.165, 1.54) is 0 Å². The van der Waals surface area contributed by atoms with E-state index in [9.17, 15) is 13.2 Å². The zero-order chi connectivity index (χ0) is 14.6. The Morgan fingerprint density at radius 2 is 2.05 bits per heavy atom. The standard InChI is InChI=1S/C12H11ClF3NO3/c13-9-3-1-8(2-4-9)11(10-5-18-7-19-10)20-17-6-12(14,15)16/h1-4,6,10-11H,5,7H2. The highest BCUT2D eigenvalue weighted by Crippen LogP contribution is 2.28. The molecule has 1 aromatic carbocycles. The van der Waals surface area contributed by atoms with Gasteiger partial charge in [0, 0.05) is 5.02 Å². The lowest BCUT2D eigenvalue weighted by Crippen LogP contribution is -2.22. The second kappa shape index (κ2) is 6.43. The second-order valence-electron chi connectivity index (χ2n) is 4.05. The van der Waals surface area contributed by atoms with Crippen molar-refractivity contribution in [2.45, 2.75) is 18.4 Å². The van der Waals surface area contributed by atoms with Crippen molar-refractivity contribution in [2.75, 3.05) is 13.4 Å². The van der Waals surface area contributed by atoms with Gasteiger partial charge in [-0.25, -0.2) is 0 Å². The summed E-state index contributed by atoms with van der Waals surface area (Å²) in [6, 6.07) is 6.49. The van der Waals surface area contributed by atoms with Gasteiger partial charge in [0.05, 0.1) is 6.61 Å². The Hall–Kier alpha value is -1.31. The maximum absolute atomic E-state index is 12.0. The summed E-state index contributed by atoms with van der Waals surface area (Å²) in [7, 11) is 0. The first-order valence-electron chi connectivity index (χ1n) is 5.67. The minimum absolute atomic E-state index is 0.0705. The highest BCUT2D eigenvalue weighted by atomic mass is 35.5. The largest absolute Gasteiger partial charge is 0.429 e. The maximum atomic E-state index is 12.0. The SMILES string of the molecule is FC(F)(F)C=NOC(c1ccc(Cl)cc1)C1COCO1. The fraction of sp³-hybridized carbons (Fsp3) is 0.417. The number of alkyl halides is 3. The van der Waals surface area contributed by atoms with Crippen molar-refractivity contribution in [1.82, 2.24) is 0 Å². The Balaban J connectivity index is 2.12. The van der Waals surface area contributed by atoms with Gasteiger partial charge in [-0.3, -0.25) is 0 Å². The number of oxime groups is 1. The van der Waals surface area contributed by atoms with Gasteiger partial charge in [-0.05, 0) is 17.7 Å². The summed E-state index contributed by atoms with van der Waals surface area (Å²) in [5.41, 5.74) is 0.601. The van der Waals surface area contributed by atoms with Gasteiger partial charge in [-0.2, -0.15) is 13.2 Å². The smallest absolute Gasteiger partial charge is 0.385 e. The third kappa shape index (κ3) is 4.36. The lowest BCUT2D eigenvalue weighted by Gasteiger charge is -2.20. The predicted molar refractivity (Wildman–Crippen MR) is 65.5 cm³/mol. The number of halogens is 4. The molecule has 0 aromatic heterocycles. The van der Waals surface area contributed by atoms with Crippen molar-refractivity contribution in [3.63, 3.8) is 0 Å². The van der Waals surface area contributed by atoms with Crippen LogP contribution in [0.2, 0.25) is 5.02 Å². The van der Waals surface area contributed by atoms with Gasteiger partial charge >= 0.3 is 6.18 Å². The molecule has 2 unspecified atom stereocenters. The maximum Gasteiger partial charge on any atom is 0.429 e. The Morgan fingerprint density at radius 3 is 2.60 bits per heavy atom. The average molecular weight is 310 g/mol. The summed E-state index contributed by atoms with van der Waals surface area (Å²) >= 11 is 5.77. The van der Waals surface area contributed by atoms with Crippen LogP contribution in [0.3, 0.4) is 0 Å². The molecule has 1 heterocycles. The van der Waals surface area contributed by atoms with Crippen molar-refractivity contribution in [1.29, 1.82) is 0 Å². The van der Waals surface area contributed by atoms with Gasteiger partial charge < -0.3 is 14.3 Å². The van der Waals surface area contributed by atoms with Gasteiger partial charge in [-0.15, -0.1) is 0 Å². The van der Waals surface area contributed by atoms with Crippen LogP contribution in [0, 0.1) is 0 Å². The average Bonchev–Trinajstić information content (AvgIpc) is 2.88. The fourth-order valence-corrected chi connectivity index (χ4v) is 1.80. The van der Waals surface area contributed by atoms with E-state index in [4.69, 9.17) is 25.9 Å². The number of hydrogen-bond acceptors (Lipinski definition) is 4.